The average Bonchev–Trinajstić information content (AvgIpc) is 2.85. The summed E-state index contributed by atoms with van der Waals surface area (Å²) in [5.41, 5.74) is 1.40. The number of ether oxygens (including phenoxy) is 4. The molecular formula is C16H19NO6Si. The second-order valence-electron chi connectivity index (χ2n) is 4.89. The maximum Gasteiger partial charge on any atom is 0.307 e. The summed E-state index contributed by atoms with van der Waals surface area (Å²) in [7, 11) is 4.11. The summed E-state index contributed by atoms with van der Waals surface area (Å²) in [5.74, 6) is -2.06. The molecule has 1 aromatic carbocycles. The molecule has 2 amide bonds. The van der Waals surface area contributed by atoms with Crippen molar-refractivity contribution in [3.05, 3.63) is 41.5 Å². The van der Waals surface area contributed by atoms with Gasteiger partial charge in [0.2, 0.25) is 9.68 Å². The maximum absolute atomic E-state index is 12.5. The molecule has 1 aliphatic rings. The molecule has 7 nitrogen and oxygen atoms in total. The van der Waals surface area contributed by atoms with Crippen LogP contribution in [0.1, 0.15) is 26.3 Å². The van der Waals surface area contributed by atoms with Gasteiger partial charge in [0.1, 0.15) is 6.61 Å². The highest BCUT2D eigenvalue weighted by Crippen LogP contribution is 2.26. The molecule has 128 valence electrons. The summed E-state index contributed by atoms with van der Waals surface area (Å²) in [4.78, 5) is 25.0. The molecule has 2 radical (unpaired) electrons. The van der Waals surface area contributed by atoms with E-state index < -0.39 is 5.97 Å². The first-order chi connectivity index (χ1) is 11.5. The quantitative estimate of drug-likeness (QED) is 0.378. The molecule has 0 aromatic heterocycles. The van der Waals surface area contributed by atoms with Crippen LogP contribution in [-0.2, 0) is 18.9 Å². The van der Waals surface area contributed by atoms with Crippen molar-refractivity contribution in [1.82, 2.24) is 4.57 Å². The fraction of sp³-hybridized carbons (Fsp3) is 0.375. The van der Waals surface area contributed by atoms with Gasteiger partial charge in [0.05, 0.1) is 17.4 Å². The Morgan fingerprint density at radius 3 is 2.50 bits per heavy atom. The van der Waals surface area contributed by atoms with E-state index in [1.807, 2.05) is 0 Å². The van der Waals surface area contributed by atoms with Gasteiger partial charge in [0, 0.05) is 21.3 Å². The van der Waals surface area contributed by atoms with Crippen molar-refractivity contribution in [1.29, 1.82) is 0 Å². The topological polar surface area (TPSA) is 74.3 Å². The molecular weight excluding hydrogens is 330 g/mol. The zero-order valence-corrected chi connectivity index (χ0v) is 14.8. The average molecular weight is 349 g/mol. The SMILES string of the molecule is C=Cc1cccc2c1C(=O)N([Si]COC(COC)(OC)OC)C2=O. The van der Waals surface area contributed by atoms with E-state index in [0.717, 1.165) is 0 Å². The van der Waals surface area contributed by atoms with Gasteiger partial charge in [-0.05, 0) is 11.6 Å². The van der Waals surface area contributed by atoms with Crippen LogP contribution in [0, 0.1) is 0 Å². The van der Waals surface area contributed by atoms with Gasteiger partial charge < -0.3 is 23.5 Å². The lowest BCUT2D eigenvalue weighted by molar-refractivity contribution is -0.370. The molecule has 2 rings (SSSR count). The van der Waals surface area contributed by atoms with Crippen LogP contribution in [-0.4, -0.2) is 66.2 Å². The summed E-state index contributed by atoms with van der Waals surface area (Å²) in [5, 5.41) is 0. The Balaban J connectivity index is 2.09. The molecule has 8 heteroatoms. The van der Waals surface area contributed by atoms with Crippen molar-refractivity contribution in [2.24, 2.45) is 0 Å². The normalized spacial score (nSPS) is 14.2. The third kappa shape index (κ3) is 3.33. The lowest BCUT2D eigenvalue weighted by Crippen LogP contribution is -2.45. The Hall–Kier alpha value is -1.84. The molecule has 0 N–H and O–H groups in total. The molecule has 0 aliphatic carbocycles. The van der Waals surface area contributed by atoms with Crippen LogP contribution < -0.4 is 0 Å². The molecule has 1 aromatic rings. The lowest BCUT2D eigenvalue weighted by Gasteiger charge is -2.29. The van der Waals surface area contributed by atoms with Gasteiger partial charge in [-0.15, -0.1) is 0 Å². The number of methoxy groups -OCH3 is 3. The largest absolute Gasteiger partial charge is 0.376 e. The first-order valence-electron chi connectivity index (χ1n) is 7.14. The van der Waals surface area contributed by atoms with Gasteiger partial charge in [-0.1, -0.05) is 24.8 Å². The summed E-state index contributed by atoms with van der Waals surface area (Å²) >= 11 is 0. The van der Waals surface area contributed by atoms with Crippen LogP contribution in [0.25, 0.3) is 6.08 Å². The van der Waals surface area contributed by atoms with E-state index >= 15 is 0 Å². The molecule has 24 heavy (non-hydrogen) atoms. The number of rotatable bonds is 9. The van der Waals surface area contributed by atoms with Crippen LogP contribution in [0.3, 0.4) is 0 Å². The van der Waals surface area contributed by atoms with Crippen molar-refractivity contribution in [2.45, 2.75) is 5.97 Å². The van der Waals surface area contributed by atoms with Crippen molar-refractivity contribution >= 4 is 27.6 Å². The van der Waals surface area contributed by atoms with Gasteiger partial charge >= 0.3 is 5.97 Å². The minimum Gasteiger partial charge on any atom is -0.376 e. The molecule has 0 saturated carbocycles. The third-order valence-corrected chi connectivity index (χ3v) is 4.62. The highest BCUT2D eigenvalue weighted by atomic mass is 28.2. The standard InChI is InChI=1S/C16H19NO6Si/c1-5-11-7-6-8-12-13(11)15(19)17(14(12)18)24-10-23-16(21-3,22-4)9-20-2/h5-8H,1,9-10H2,2-4H3. The van der Waals surface area contributed by atoms with Crippen LogP contribution in [0.5, 0.6) is 0 Å². The van der Waals surface area contributed by atoms with Crippen molar-refractivity contribution in [3.63, 3.8) is 0 Å². The third-order valence-electron chi connectivity index (χ3n) is 3.62. The molecule has 0 unspecified atom stereocenters. The van der Waals surface area contributed by atoms with Gasteiger partial charge in [-0.25, -0.2) is 0 Å². The highest BCUT2D eigenvalue weighted by Gasteiger charge is 2.38. The molecule has 0 fully saturated rings. The lowest BCUT2D eigenvalue weighted by atomic mass is 10.0. The number of benzene rings is 1. The fourth-order valence-corrected chi connectivity index (χ4v) is 3.30. The van der Waals surface area contributed by atoms with E-state index in [0.29, 0.717) is 16.7 Å². The number of amides is 2. The Morgan fingerprint density at radius 1 is 1.21 bits per heavy atom. The van der Waals surface area contributed by atoms with E-state index in [9.17, 15) is 9.59 Å². The number of imide groups is 1. The second kappa shape index (κ2) is 7.82. The summed E-state index contributed by atoms with van der Waals surface area (Å²) in [6.07, 6.45) is 1.63. The molecule has 0 spiro atoms. The van der Waals surface area contributed by atoms with E-state index in [1.165, 1.54) is 25.9 Å². The Bertz CT molecular complexity index is 643. The predicted octanol–water partition coefficient (Wildman–Crippen LogP) is 1.11. The minimum atomic E-state index is -1.37. The summed E-state index contributed by atoms with van der Waals surface area (Å²) in [6.45, 7) is 3.73. The second-order valence-corrected chi connectivity index (χ2v) is 5.94. The highest BCUT2D eigenvalue weighted by molar-refractivity contribution is 6.48. The van der Waals surface area contributed by atoms with E-state index in [1.54, 1.807) is 24.3 Å². The van der Waals surface area contributed by atoms with Crippen LogP contribution in [0.2, 0.25) is 0 Å². The van der Waals surface area contributed by atoms with Gasteiger partial charge in [-0.3, -0.25) is 9.59 Å². The minimum absolute atomic E-state index is 0.0488. The fourth-order valence-electron chi connectivity index (χ4n) is 2.37. The number of nitrogens with zero attached hydrogens (tertiary/aromatic N) is 1. The molecule has 0 bridgehead atoms. The van der Waals surface area contributed by atoms with Gasteiger partial charge in [0.15, 0.2) is 0 Å². The van der Waals surface area contributed by atoms with E-state index in [-0.39, 0.29) is 34.3 Å². The van der Waals surface area contributed by atoms with Crippen LogP contribution in [0.15, 0.2) is 24.8 Å². The first kappa shape index (κ1) is 18.5. The number of carbonyl (C=O) groups excluding carboxylic acids is 2. The summed E-state index contributed by atoms with van der Waals surface area (Å²) in [6, 6.07) is 5.11. The Kier molecular flexibility index (Phi) is 6.03. The monoisotopic (exact) mass is 349 g/mol. The van der Waals surface area contributed by atoms with Crippen LogP contribution in [0.4, 0.5) is 0 Å². The zero-order valence-electron chi connectivity index (χ0n) is 13.8. The van der Waals surface area contributed by atoms with Crippen molar-refractivity contribution in [2.75, 3.05) is 34.2 Å². The molecule has 1 heterocycles. The Morgan fingerprint density at radius 2 is 1.92 bits per heavy atom. The van der Waals surface area contributed by atoms with Crippen LogP contribution >= 0.6 is 0 Å². The van der Waals surface area contributed by atoms with Gasteiger partial charge in [0.25, 0.3) is 11.8 Å². The maximum atomic E-state index is 12.5. The molecule has 0 atom stereocenters. The first-order valence-corrected chi connectivity index (χ1v) is 8.30. The number of fused-ring (bicyclic) bond motifs is 1. The Labute approximate surface area is 143 Å². The van der Waals surface area contributed by atoms with Gasteiger partial charge in [-0.2, -0.15) is 0 Å². The number of hydrogen-bond acceptors (Lipinski definition) is 6. The molecule has 0 saturated heterocycles. The number of hydrogen-bond donors (Lipinski definition) is 0. The molecule has 1 aliphatic heterocycles. The number of carbonyl (C=O) groups is 2. The van der Waals surface area contributed by atoms with Crippen molar-refractivity contribution < 1.29 is 28.5 Å². The zero-order chi connectivity index (χ0) is 17.7. The van der Waals surface area contributed by atoms with E-state index in [2.05, 4.69) is 6.58 Å². The van der Waals surface area contributed by atoms with Crippen molar-refractivity contribution in [3.8, 4) is 0 Å². The predicted molar refractivity (Wildman–Crippen MR) is 87.4 cm³/mol. The smallest absolute Gasteiger partial charge is 0.307 e. The van der Waals surface area contributed by atoms with E-state index in [4.69, 9.17) is 18.9 Å². The summed E-state index contributed by atoms with van der Waals surface area (Å²) < 4.78 is 22.1.